The van der Waals surface area contributed by atoms with Crippen molar-refractivity contribution in [2.24, 2.45) is 0 Å². The van der Waals surface area contributed by atoms with E-state index < -0.39 is 26.5 Å². The number of carbonyl (C=O) groups is 1. The van der Waals surface area contributed by atoms with Crippen molar-refractivity contribution in [3.05, 3.63) is 0 Å². The summed E-state index contributed by atoms with van der Waals surface area (Å²) in [5, 5.41) is 0. The van der Waals surface area contributed by atoms with E-state index in [1.807, 2.05) is 13.8 Å². The van der Waals surface area contributed by atoms with Crippen molar-refractivity contribution in [3.8, 4) is 0 Å². The quantitative estimate of drug-likeness (QED) is 0.491. The number of piperazine rings is 2. The Hall–Kier alpha value is -1.03. The van der Waals surface area contributed by atoms with Gasteiger partial charge in [-0.3, -0.25) is 0 Å². The summed E-state index contributed by atoms with van der Waals surface area (Å²) in [5.41, 5.74) is 0. The fourth-order valence-corrected chi connectivity index (χ4v) is 7.42. The molecular formula is C17H33N5O7S2. The van der Waals surface area contributed by atoms with Gasteiger partial charge in [0.1, 0.15) is 0 Å². The number of rotatable bonds is 5. The summed E-state index contributed by atoms with van der Waals surface area (Å²) in [4.78, 5) is 13.3. The third-order valence-electron chi connectivity index (χ3n) is 5.65. The zero-order valence-corrected chi connectivity index (χ0v) is 20.0. The van der Waals surface area contributed by atoms with Crippen LogP contribution in [0.25, 0.3) is 0 Å². The SMILES string of the molecule is CCOC(=O)N1CCN(S(=O)(=O)N2CCN(S(=O)(=O)N3CC(C)OC(C)C3)CC2)CC1. The normalized spacial score (nSPS) is 28.5. The third kappa shape index (κ3) is 5.49. The summed E-state index contributed by atoms with van der Waals surface area (Å²) in [6.45, 7) is 7.53. The first-order chi connectivity index (χ1) is 14.6. The Bertz CT molecular complexity index is 827. The molecule has 0 aromatic heterocycles. The van der Waals surface area contributed by atoms with Crippen LogP contribution in [0.15, 0.2) is 0 Å². The van der Waals surface area contributed by atoms with Gasteiger partial charge in [-0.25, -0.2) is 4.79 Å². The highest BCUT2D eigenvalue weighted by Gasteiger charge is 2.40. The van der Waals surface area contributed by atoms with E-state index in [0.29, 0.717) is 0 Å². The van der Waals surface area contributed by atoms with Gasteiger partial charge in [0.05, 0.1) is 18.8 Å². The number of carbonyl (C=O) groups excluding carboxylic acids is 1. The van der Waals surface area contributed by atoms with Gasteiger partial charge in [-0.05, 0) is 20.8 Å². The fourth-order valence-electron chi connectivity index (χ4n) is 4.09. The van der Waals surface area contributed by atoms with E-state index in [4.69, 9.17) is 9.47 Å². The molecule has 0 aromatic carbocycles. The van der Waals surface area contributed by atoms with Crippen LogP contribution in [0.3, 0.4) is 0 Å². The highest BCUT2D eigenvalue weighted by molar-refractivity contribution is 7.87. The molecule has 0 aromatic rings. The molecule has 14 heteroatoms. The molecule has 3 fully saturated rings. The van der Waals surface area contributed by atoms with Crippen molar-refractivity contribution in [2.45, 2.75) is 33.0 Å². The van der Waals surface area contributed by atoms with Crippen molar-refractivity contribution in [1.82, 2.24) is 22.1 Å². The van der Waals surface area contributed by atoms with Crippen LogP contribution in [-0.2, 0) is 29.9 Å². The third-order valence-corrected chi connectivity index (χ3v) is 9.66. The zero-order valence-electron chi connectivity index (χ0n) is 18.3. The minimum atomic E-state index is -3.73. The Labute approximate surface area is 185 Å². The van der Waals surface area contributed by atoms with Gasteiger partial charge < -0.3 is 14.4 Å². The standard InChI is InChI=1S/C17H33N5O7S2/c1-4-28-17(23)18-5-7-19(8-6-18)30(24,25)20-9-11-21(12-10-20)31(26,27)22-13-15(2)29-16(3)14-22/h15-16H,4-14H2,1-3H3. The molecule has 0 radical (unpaired) electrons. The smallest absolute Gasteiger partial charge is 0.409 e. The number of ether oxygens (including phenoxy) is 2. The maximum atomic E-state index is 13.0. The Balaban J connectivity index is 1.56. The molecule has 3 rings (SSSR count). The van der Waals surface area contributed by atoms with E-state index in [1.165, 1.54) is 22.1 Å². The van der Waals surface area contributed by atoms with Gasteiger partial charge >= 0.3 is 6.09 Å². The van der Waals surface area contributed by atoms with Gasteiger partial charge in [-0.2, -0.15) is 34.1 Å². The Morgan fingerprint density at radius 1 is 0.774 bits per heavy atom. The van der Waals surface area contributed by atoms with Gasteiger partial charge in [0.25, 0.3) is 20.4 Å². The summed E-state index contributed by atoms with van der Waals surface area (Å²) < 4.78 is 68.1. The first kappa shape index (κ1) is 24.6. The molecule has 31 heavy (non-hydrogen) atoms. The lowest BCUT2D eigenvalue weighted by atomic mass is 10.3. The molecule has 0 aliphatic carbocycles. The average Bonchev–Trinajstić information content (AvgIpc) is 2.73. The number of nitrogens with zero attached hydrogens (tertiary/aromatic N) is 5. The van der Waals surface area contributed by atoms with Gasteiger partial charge in [0.15, 0.2) is 0 Å². The van der Waals surface area contributed by atoms with Crippen LogP contribution < -0.4 is 0 Å². The van der Waals surface area contributed by atoms with Crippen LogP contribution in [0.2, 0.25) is 0 Å². The lowest BCUT2D eigenvalue weighted by molar-refractivity contribution is -0.0456. The molecule has 3 saturated heterocycles. The van der Waals surface area contributed by atoms with Gasteiger partial charge in [-0.1, -0.05) is 0 Å². The van der Waals surface area contributed by atoms with Crippen LogP contribution >= 0.6 is 0 Å². The Morgan fingerprint density at radius 3 is 1.58 bits per heavy atom. The van der Waals surface area contributed by atoms with E-state index >= 15 is 0 Å². The van der Waals surface area contributed by atoms with Gasteiger partial charge in [0.2, 0.25) is 0 Å². The summed E-state index contributed by atoms with van der Waals surface area (Å²) in [6.07, 6.45) is -0.813. The van der Waals surface area contributed by atoms with E-state index in [1.54, 1.807) is 6.92 Å². The van der Waals surface area contributed by atoms with Crippen molar-refractivity contribution < 1.29 is 31.1 Å². The molecule has 2 atom stereocenters. The molecule has 0 bridgehead atoms. The second-order valence-corrected chi connectivity index (χ2v) is 11.8. The molecule has 0 saturated carbocycles. The van der Waals surface area contributed by atoms with Gasteiger partial charge in [0, 0.05) is 65.4 Å². The van der Waals surface area contributed by atoms with Crippen LogP contribution in [0.1, 0.15) is 20.8 Å². The maximum absolute atomic E-state index is 13.0. The van der Waals surface area contributed by atoms with E-state index in [0.717, 1.165) is 0 Å². The largest absolute Gasteiger partial charge is 0.450 e. The Morgan fingerprint density at radius 2 is 1.16 bits per heavy atom. The summed E-state index contributed by atoms with van der Waals surface area (Å²) in [5.74, 6) is 0. The molecule has 0 spiro atoms. The topological polar surface area (TPSA) is 120 Å². The first-order valence-electron chi connectivity index (χ1n) is 10.6. The number of hydrogen-bond acceptors (Lipinski definition) is 7. The molecule has 3 heterocycles. The minimum absolute atomic E-state index is 0.0924. The Kier molecular flexibility index (Phi) is 7.82. The molecular weight excluding hydrogens is 450 g/mol. The molecule has 3 aliphatic heterocycles. The van der Waals surface area contributed by atoms with E-state index in [-0.39, 0.29) is 84.3 Å². The van der Waals surface area contributed by atoms with Crippen LogP contribution in [0.5, 0.6) is 0 Å². The van der Waals surface area contributed by atoms with Crippen LogP contribution in [0, 0.1) is 0 Å². The number of hydrogen-bond donors (Lipinski definition) is 0. The molecule has 0 N–H and O–H groups in total. The van der Waals surface area contributed by atoms with E-state index in [9.17, 15) is 21.6 Å². The number of morpholine rings is 1. The predicted molar refractivity (Wildman–Crippen MR) is 113 cm³/mol. The molecule has 2 unspecified atom stereocenters. The molecule has 1 amide bonds. The van der Waals surface area contributed by atoms with Gasteiger partial charge in [-0.15, -0.1) is 0 Å². The maximum Gasteiger partial charge on any atom is 0.409 e. The molecule has 12 nitrogen and oxygen atoms in total. The zero-order chi connectivity index (χ0) is 22.8. The van der Waals surface area contributed by atoms with Crippen LogP contribution in [-0.4, -0.2) is 129 Å². The minimum Gasteiger partial charge on any atom is -0.450 e. The fraction of sp³-hybridized carbons (Fsp3) is 0.941. The monoisotopic (exact) mass is 483 g/mol. The lowest BCUT2D eigenvalue weighted by Crippen LogP contribution is -2.60. The summed E-state index contributed by atoms with van der Waals surface area (Å²) in [6, 6.07) is 0. The second kappa shape index (κ2) is 9.85. The van der Waals surface area contributed by atoms with Crippen molar-refractivity contribution in [1.29, 1.82) is 0 Å². The van der Waals surface area contributed by atoms with E-state index in [2.05, 4.69) is 0 Å². The highest BCUT2D eigenvalue weighted by atomic mass is 32.2. The average molecular weight is 484 g/mol. The lowest BCUT2D eigenvalue weighted by Gasteiger charge is -2.41. The predicted octanol–water partition coefficient (Wildman–Crippen LogP) is -1.02. The van der Waals surface area contributed by atoms with Crippen molar-refractivity contribution >= 4 is 26.5 Å². The van der Waals surface area contributed by atoms with Crippen LogP contribution in [0.4, 0.5) is 4.79 Å². The molecule has 3 aliphatic rings. The molecule has 180 valence electrons. The van der Waals surface area contributed by atoms with Crippen molar-refractivity contribution in [2.75, 3.05) is 72.1 Å². The second-order valence-electron chi connectivity index (χ2n) is 7.97. The number of amides is 1. The highest BCUT2D eigenvalue weighted by Crippen LogP contribution is 2.21. The summed E-state index contributed by atoms with van der Waals surface area (Å²) >= 11 is 0. The first-order valence-corrected chi connectivity index (χ1v) is 13.4. The van der Waals surface area contributed by atoms with Crippen molar-refractivity contribution in [3.63, 3.8) is 0 Å². The summed E-state index contributed by atoms with van der Waals surface area (Å²) in [7, 11) is -7.40.